The second kappa shape index (κ2) is 10.7. The highest BCUT2D eigenvalue weighted by Crippen LogP contribution is 2.30. The molecular weight excluding hydrogens is 424 g/mol. The SMILES string of the molecule is CC(C)C[C@H](NC(=O)[C@H](CO)NC(=O)c1cccc(-c2ccccc2)c1)C(=O)C1(CO)CO1. The van der Waals surface area contributed by atoms with Gasteiger partial charge < -0.3 is 25.6 Å². The third kappa shape index (κ3) is 6.04. The van der Waals surface area contributed by atoms with E-state index in [-0.39, 0.29) is 12.5 Å². The molecule has 2 amide bonds. The third-order valence-electron chi connectivity index (χ3n) is 5.57. The molecule has 2 aromatic carbocycles. The zero-order chi connectivity index (χ0) is 24.0. The van der Waals surface area contributed by atoms with Gasteiger partial charge in [-0.05, 0) is 35.6 Å². The molecule has 1 aliphatic rings. The minimum absolute atomic E-state index is 0.0802. The van der Waals surface area contributed by atoms with E-state index >= 15 is 0 Å². The lowest BCUT2D eigenvalue weighted by molar-refractivity contribution is -0.133. The molecule has 0 radical (unpaired) electrons. The summed E-state index contributed by atoms with van der Waals surface area (Å²) in [4.78, 5) is 38.4. The maximum atomic E-state index is 12.8. The number of rotatable bonds is 11. The molecule has 0 spiro atoms. The van der Waals surface area contributed by atoms with Gasteiger partial charge in [0.15, 0.2) is 11.4 Å². The predicted octanol–water partition coefficient (Wildman–Crippen LogP) is 1.31. The summed E-state index contributed by atoms with van der Waals surface area (Å²) < 4.78 is 5.14. The van der Waals surface area contributed by atoms with Crippen molar-refractivity contribution >= 4 is 17.6 Å². The van der Waals surface area contributed by atoms with E-state index in [1.807, 2.05) is 50.2 Å². The van der Waals surface area contributed by atoms with Crippen LogP contribution in [0.2, 0.25) is 0 Å². The molecule has 176 valence electrons. The Hall–Kier alpha value is -3.07. The van der Waals surface area contributed by atoms with Gasteiger partial charge in [0.1, 0.15) is 6.04 Å². The normalized spacial score (nSPS) is 18.9. The minimum atomic E-state index is -1.28. The topological polar surface area (TPSA) is 128 Å². The second-order valence-corrected chi connectivity index (χ2v) is 8.65. The number of hydrogen-bond acceptors (Lipinski definition) is 6. The number of Topliss-reactive ketones (excluding diaryl/α,β-unsaturated/α-hetero) is 1. The summed E-state index contributed by atoms with van der Waals surface area (Å²) in [6, 6.07) is 14.4. The average molecular weight is 455 g/mol. The highest BCUT2D eigenvalue weighted by Gasteiger charge is 2.54. The monoisotopic (exact) mass is 454 g/mol. The van der Waals surface area contributed by atoms with Crippen LogP contribution in [0, 0.1) is 5.92 Å². The van der Waals surface area contributed by atoms with Crippen molar-refractivity contribution < 1.29 is 29.3 Å². The van der Waals surface area contributed by atoms with E-state index in [0.29, 0.717) is 12.0 Å². The Balaban J connectivity index is 1.70. The fourth-order valence-electron chi connectivity index (χ4n) is 3.60. The fraction of sp³-hybridized carbons (Fsp3) is 0.400. The first-order chi connectivity index (χ1) is 15.8. The van der Waals surface area contributed by atoms with Crippen molar-refractivity contribution in [1.82, 2.24) is 10.6 Å². The first-order valence-electron chi connectivity index (χ1n) is 11.0. The Labute approximate surface area is 193 Å². The Bertz CT molecular complexity index is 987. The number of epoxide rings is 1. The summed E-state index contributed by atoms with van der Waals surface area (Å²) in [5.41, 5.74) is 0.846. The molecule has 0 aliphatic carbocycles. The van der Waals surface area contributed by atoms with Gasteiger partial charge in [-0.1, -0.05) is 56.3 Å². The van der Waals surface area contributed by atoms with Crippen LogP contribution in [-0.2, 0) is 14.3 Å². The largest absolute Gasteiger partial charge is 0.394 e. The van der Waals surface area contributed by atoms with E-state index in [2.05, 4.69) is 10.6 Å². The Kier molecular flexibility index (Phi) is 7.97. The predicted molar refractivity (Wildman–Crippen MR) is 122 cm³/mol. The van der Waals surface area contributed by atoms with Crippen molar-refractivity contribution in [2.75, 3.05) is 19.8 Å². The summed E-state index contributed by atoms with van der Waals surface area (Å²) in [6.07, 6.45) is 0.334. The van der Waals surface area contributed by atoms with Crippen molar-refractivity contribution in [2.45, 2.75) is 38.0 Å². The van der Waals surface area contributed by atoms with Crippen LogP contribution in [0.3, 0.4) is 0 Å². The van der Waals surface area contributed by atoms with E-state index in [0.717, 1.165) is 11.1 Å². The Morgan fingerprint density at radius 2 is 1.64 bits per heavy atom. The first-order valence-corrected chi connectivity index (χ1v) is 11.0. The van der Waals surface area contributed by atoms with Gasteiger partial charge in [0, 0.05) is 5.56 Å². The smallest absolute Gasteiger partial charge is 0.252 e. The second-order valence-electron chi connectivity index (χ2n) is 8.65. The number of aliphatic hydroxyl groups is 2. The molecule has 33 heavy (non-hydrogen) atoms. The minimum Gasteiger partial charge on any atom is -0.394 e. The third-order valence-corrected chi connectivity index (χ3v) is 5.57. The van der Waals surface area contributed by atoms with Gasteiger partial charge >= 0.3 is 0 Å². The van der Waals surface area contributed by atoms with E-state index in [4.69, 9.17) is 4.74 Å². The first kappa shape index (κ1) is 24.6. The summed E-state index contributed by atoms with van der Waals surface area (Å²) in [5.74, 6) is -1.54. The Morgan fingerprint density at radius 1 is 0.970 bits per heavy atom. The summed E-state index contributed by atoms with van der Waals surface area (Å²) in [7, 11) is 0. The van der Waals surface area contributed by atoms with Crippen LogP contribution in [0.1, 0.15) is 30.6 Å². The van der Waals surface area contributed by atoms with Crippen molar-refractivity contribution in [3.63, 3.8) is 0 Å². The standard InChI is InChI=1S/C25H30N2O6/c1-16(2)11-20(22(30)25(14-29)15-33-25)26-24(32)21(13-28)27-23(31)19-10-6-9-18(12-19)17-7-4-3-5-8-17/h3-10,12,16,20-21,28-29H,11,13-15H2,1-2H3,(H,26,32)(H,27,31)/t20-,21-,25?/m0/s1. The van der Waals surface area contributed by atoms with Crippen LogP contribution >= 0.6 is 0 Å². The molecule has 0 aromatic heterocycles. The van der Waals surface area contributed by atoms with Gasteiger partial charge in [0.2, 0.25) is 5.91 Å². The molecule has 8 nitrogen and oxygen atoms in total. The molecule has 3 atom stereocenters. The van der Waals surface area contributed by atoms with Crippen molar-refractivity contribution in [2.24, 2.45) is 5.92 Å². The number of carbonyl (C=O) groups excluding carboxylic acids is 3. The van der Waals surface area contributed by atoms with Gasteiger partial charge in [0.25, 0.3) is 5.91 Å². The lowest BCUT2D eigenvalue weighted by atomic mass is 9.92. The maximum Gasteiger partial charge on any atom is 0.252 e. The van der Waals surface area contributed by atoms with Gasteiger partial charge in [-0.25, -0.2) is 0 Å². The molecule has 1 saturated heterocycles. The van der Waals surface area contributed by atoms with Crippen molar-refractivity contribution in [1.29, 1.82) is 0 Å². The number of nitrogens with one attached hydrogen (secondary N) is 2. The highest BCUT2D eigenvalue weighted by molar-refractivity contribution is 6.00. The molecule has 1 heterocycles. The molecule has 2 aromatic rings. The van der Waals surface area contributed by atoms with Gasteiger partial charge in [-0.15, -0.1) is 0 Å². The van der Waals surface area contributed by atoms with Crippen LogP contribution in [0.5, 0.6) is 0 Å². The summed E-state index contributed by atoms with van der Waals surface area (Å²) in [6.45, 7) is 2.80. The highest BCUT2D eigenvalue weighted by atomic mass is 16.6. The summed E-state index contributed by atoms with van der Waals surface area (Å²) >= 11 is 0. The number of hydrogen-bond donors (Lipinski definition) is 4. The number of ketones is 1. The van der Waals surface area contributed by atoms with E-state index in [1.54, 1.807) is 18.2 Å². The molecule has 4 N–H and O–H groups in total. The van der Waals surface area contributed by atoms with Crippen LogP contribution in [0.4, 0.5) is 0 Å². The maximum absolute atomic E-state index is 12.8. The van der Waals surface area contributed by atoms with Crippen molar-refractivity contribution in [3.05, 3.63) is 60.2 Å². The molecule has 1 unspecified atom stereocenters. The van der Waals surface area contributed by atoms with Gasteiger partial charge in [0.05, 0.1) is 25.9 Å². The van der Waals surface area contributed by atoms with Gasteiger partial charge in [-0.2, -0.15) is 0 Å². The molecule has 8 heteroatoms. The molecule has 3 rings (SSSR count). The summed E-state index contributed by atoms with van der Waals surface area (Å²) in [5, 5.41) is 24.4. The van der Waals surface area contributed by atoms with Crippen LogP contribution in [0.15, 0.2) is 54.6 Å². The number of ether oxygens (including phenoxy) is 1. The quantitative estimate of drug-likeness (QED) is 0.379. The molecular formula is C25H30N2O6. The van der Waals surface area contributed by atoms with Crippen LogP contribution in [-0.4, -0.2) is 65.3 Å². The molecule has 1 fully saturated rings. The van der Waals surface area contributed by atoms with E-state index in [9.17, 15) is 24.6 Å². The van der Waals surface area contributed by atoms with Gasteiger partial charge in [-0.3, -0.25) is 14.4 Å². The Morgan fingerprint density at radius 3 is 2.21 bits per heavy atom. The average Bonchev–Trinajstić information content (AvgIpc) is 3.63. The number of carbonyl (C=O) groups is 3. The van der Waals surface area contributed by atoms with Crippen LogP contribution < -0.4 is 10.6 Å². The lowest BCUT2D eigenvalue weighted by Gasteiger charge is -2.24. The number of amides is 2. The molecule has 0 saturated carbocycles. The fourth-order valence-corrected chi connectivity index (χ4v) is 3.60. The molecule has 1 aliphatic heterocycles. The van der Waals surface area contributed by atoms with Crippen LogP contribution in [0.25, 0.3) is 11.1 Å². The van der Waals surface area contributed by atoms with E-state index in [1.165, 1.54) is 0 Å². The zero-order valence-electron chi connectivity index (χ0n) is 18.8. The molecule has 0 bridgehead atoms. The number of aliphatic hydroxyl groups excluding tert-OH is 2. The number of benzene rings is 2. The van der Waals surface area contributed by atoms with E-state index < -0.39 is 48.5 Å². The zero-order valence-corrected chi connectivity index (χ0v) is 18.8. The van der Waals surface area contributed by atoms with Crippen molar-refractivity contribution in [3.8, 4) is 11.1 Å². The lowest BCUT2D eigenvalue weighted by Crippen LogP contribution is -2.55.